The molecule has 4 nitrogen and oxygen atoms in total. The minimum Gasteiger partial charge on any atom is -0.342 e. The van der Waals surface area contributed by atoms with Crippen molar-refractivity contribution in [2.75, 3.05) is 0 Å². The molecule has 17 heavy (non-hydrogen) atoms. The molecule has 1 N–H and O–H groups in total. The molecule has 2 aliphatic rings. The Morgan fingerprint density at radius 2 is 2.00 bits per heavy atom. The van der Waals surface area contributed by atoms with Crippen molar-refractivity contribution in [3.63, 3.8) is 0 Å². The molecule has 2 rings (SSSR count). The number of hydrogen-bond acceptors (Lipinski definition) is 2. The molecule has 4 heteroatoms. The first kappa shape index (κ1) is 12.4. The summed E-state index contributed by atoms with van der Waals surface area (Å²) in [5.74, 6) is 0.478. The third-order valence-corrected chi connectivity index (χ3v) is 4.11. The first-order valence-corrected chi connectivity index (χ1v) is 6.56. The van der Waals surface area contributed by atoms with Crippen molar-refractivity contribution < 1.29 is 9.59 Å². The number of nitrogens with one attached hydrogen (secondary N) is 1. The van der Waals surface area contributed by atoms with Gasteiger partial charge in [0, 0.05) is 6.04 Å². The Bertz CT molecular complexity index is 349. The summed E-state index contributed by atoms with van der Waals surface area (Å²) in [5, 5.41) is 2.92. The molecule has 2 amide bonds. The van der Waals surface area contributed by atoms with Gasteiger partial charge in [0.2, 0.25) is 11.8 Å². The summed E-state index contributed by atoms with van der Waals surface area (Å²) >= 11 is 0. The van der Waals surface area contributed by atoms with Crippen molar-refractivity contribution >= 4 is 11.8 Å². The molecule has 1 aliphatic carbocycles. The standard InChI is InChI=1S/C13H22N2O2/c1-5-13(4)12(17)14-10(9-6-7-9)11(16)15(13)8(2)3/h8-10H,5-7H2,1-4H3,(H,14,17). The zero-order valence-corrected chi connectivity index (χ0v) is 11.1. The Labute approximate surface area is 103 Å². The number of carbonyl (C=O) groups excluding carboxylic acids is 2. The van der Waals surface area contributed by atoms with Gasteiger partial charge in [-0.15, -0.1) is 0 Å². The van der Waals surface area contributed by atoms with Crippen LogP contribution < -0.4 is 5.32 Å². The first-order valence-electron chi connectivity index (χ1n) is 6.56. The molecule has 1 heterocycles. The second kappa shape index (κ2) is 4.00. The second-order valence-corrected chi connectivity index (χ2v) is 5.72. The fraction of sp³-hybridized carbons (Fsp3) is 0.846. The largest absolute Gasteiger partial charge is 0.342 e. The van der Waals surface area contributed by atoms with Gasteiger partial charge in [0.05, 0.1) is 0 Å². The Morgan fingerprint density at radius 1 is 1.41 bits per heavy atom. The van der Waals surface area contributed by atoms with Gasteiger partial charge in [0.25, 0.3) is 0 Å². The topological polar surface area (TPSA) is 49.4 Å². The van der Waals surface area contributed by atoms with Crippen molar-refractivity contribution in [2.24, 2.45) is 5.92 Å². The summed E-state index contributed by atoms with van der Waals surface area (Å²) in [7, 11) is 0. The molecule has 2 unspecified atom stereocenters. The van der Waals surface area contributed by atoms with Crippen molar-refractivity contribution in [2.45, 2.75) is 64.6 Å². The van der Waals surface area contributed by atoms with Crippen LogP contribution in [0.2, 0.25) is 0 Å². The average molecular weight is 238 g/mol. The average Bonchev–Trinajstić information content (AvgIpc) is 3.06. The number of amides is 2. The number of carbonyl (C=O) groups is 2. The molecule has 0 bridgehead atoms. The minimum absolute atomic E-state index is 0.00481. The number of piperazine rings is 1. The SMILES string of the molecule is CCC1(C)C(=O)NC(C2CC2)C(=O)N1C(C)C. The van der Waals surface area contributed by atoms with E-state index in [9.17, 15) is 9.59 Å². The fourth-order valence-corrected chi connectivity index (χ4v) is 2.77. The predicted octanol–water partition coefficient (Wildman–Crippen LogP) is 1.30. The first-order chi connectivity index (χ1) is 7.91. The molecule has 1 saturated heterocycles. The quantitative estimate of drug-likeness (QED) is 0.805. The van der Waals surface area contributed by atoms with Crippen LogP contribution in [0.25, 0.3) is 0 Å². The molecule has 0 aromatic carbocycles. The zero-order valence-electron chi connectivity index (χ0n) is 11.1. The van der Waals surface area contributed by atoms with E-state index in [0.29, 0.717) is 12.3 Å². The molecular weight excluding hydrogens is 216 g/mol. The third-order valence-electron chi connectivity index (χ3n) is 4.11. The van der Waals surface area contributed by atoms with Crippen molar-refractivity contribution in [3.8, 4) is 0 Å². The summed E-state index contributed by atoms with van der Waals surface area (Å²) in [6.45, 7) is 7.78. The Balaban J connectivity index is 2.32. The van der Waals surface area contributed by atoms with Gasteiger partial charge in [0.1, 0.15) is 11.6 Å². The molecule has 0 aromatic rings. The van der Waals surface area contributed by atoms with Crippen LogP contribution in [0.3, 0.4) is 0 Å². The highest BCUT2D eigenvalue weighted by Gasteiger charge is 2.52. The number of hydrogen-bond donors (Lipinski definition) is 1. The lowest BCUT2D eigenvalue weighted by molar-refractivity contribution is -0.160. The van der Waals surface area contributed by atoms with Crippen LogP contribution in [0.5, 0.6) is 0 Å². The van der Waals surface area contributed by atoms with Gasteiger partial charge in [-0.2, -0.15) is 0 Å². The van der Waals surface area contributed by atoms with Gasteiger partial charge >= 0.3 is 0 Å². The van der Waals surface area contributed by atoms with Crippen LogP contribution >= 0.6 is 0 Å². The Kier molecular flexibility index (Phi) is 2.92. The summed E-state index contributed by atoms with van der Waals surface area (Å²) in [6.07, 6.45) is 2.77. The molecule has 1 aliphatic heterocycles. The normalized spacial score (nSPS) is 34.2. The molecule has 1 saturated carbocycles. The van der Waals surface area contributed by atoms with E-state index in [1.54, 1.807) is 4.90 Å². The van der Waals surface area contributed by atoms with E-state index in [1.807, 2.05) is 27.7 Å². The molecule has 0 aromatic heterocycles. The van der Waals surface area contributed by atoms with E-state index in [4.69, 9.17) is 0 Å². The molecule has 2 atom stereocenters. The van der Waals surface area contributed by atoms with Crippen molar-refractivity contribution in [1.82, 2.24) is 10.2 Å². The lowest BCUT2D eigenvalue weighted by Crippen LogP contribution is -2.71. The second-order valence-electron chi connectivity index (χ2n) is 5.72. The van der Waals surface area contributed by atoms with Crippen LogP contribution in [0.4, 0.5) is 0 Å². The van der Waals surface area contributed by atoms with Crippen LogP contribution in [0.1, 0.15) is 47.0 Å². The van der Waals surface area contributed by atoms with Gasteiger partial charge < -0.3 is 10.2 Å². The lowest BCUT2D eigenvalue weighted by Gasteiger charge is -2.48. The van der Waals surface area contributed by atoms with E-state index >= 15 is 0 Å². The highest BCUT2D eigenvalue weighted by atomic mass is 16.2. The molecule has 96 valence electrons. The van der Waals surface area contributed by atoms with Crippen molar-refractivity contribution in [3.05, 3.63) is 0 Å². The van der Waals surface area contributed by atoms with E-state index in [1.165, 1.54) is 0 Å². The Hall–Kier alpha value is -1.06. The number of nitrogens with zero attached hydrogens (tertiary/aromatic N) is 1. The highest BCUT2D eigenvalue weighted by Crippen LogP contribution is 2.38. The number of rotatable bonds is 3. The fourth-order valence-electron chi connectivity index (χ4n) is 2.77. The minimum atomic E-state index is -0.684. The summed E-state index contributed by atoms with van der Waals surface area (Å²) < 4.78 is 0. The van der Waals surface area contributed by atoms with Gasteiger partial charge in [-0.1, -0.05) is 6.92 Å². The van der Waals surface area contributed by atoms with Crippen molar-refractivity contribution in [1.29, 1.82) is 0 Å². The Morgan fingerprint density at radius 3 is 2.41 bits per heavy atom. The maximum absolute atomic E-state index is 12.5. The summed E-state index contributed by atoms with van der Waals surface area (Å²) in [5.41, 5.74) is -0.684. The van der Waals surface area contributed by atoms with Gasteiger partial charge in [0.15, 0.2) is 0 Å². The maximum atomic E-state index is 12.5. The summed E-state index contributed by atoms with van der Waals surface area (Å²) in [4.78, 5) is 26.5. The monoisotopic (exact) mass is 238 g/mol. The smallest absolute Gasteiger partial charge is 0.246 e. The summed E-state index contributed by atoms with van der Waals surface area (Å²) in [6, 6.07) is -0.204. The van der Waals surface area contributed by atoms with Gasteiger partial charge in [-0.05, 0) is 46.0 Å². The van der Waals surface area contributed by atoms with Gasteiger partial charge in [-0.25, -0.2) is 0 Å². The van der Waals surface area contributed by atoms with E-state index < -0.39 is 5.54 Å². The van der Waals surface area contributed by atoms with Gasteiger partial charge in [-0.3, -0.25) is 9.59 Å². The molecule has 0 spiro atoms. The molecular formula is C13H22N2O2. The molecule has 2 fully saturated rings. The van der Waals surface area contributed by atoms with E-state index in [0.717, 1.165) is 12.8 Å². The van der Waals surface area contributed by atoms with Crippen LogP contribution in [0, 0.1) is 5.92 Å². The molecule has 0 radical (unpaired) electrons. The van der Waals surface area contributed by atoms with Crippen LogP contribution in [0.15, 0.2) is 0 Å². The van der Waals surface area contributed by atoms with Crippen LogP contribution in [-0.2, 0) is 9.59 Å². The van der Waals surface area contributed by atoms with E-state index in [-0.39, 0.29) is 23.9 Å². The third kappa shape index (κ3) is 1.83. The van der Waals surface area contributed by atoms with E-state index in [2.05, 4.69) is 5.32 Å². The lowest BCUT2D eigenvalue weighted by atomic mass is 9.88. The highest BCUT2D eigenvalue weighted by molar-refractivity contribution is 6.00. The maximum Gasteiger partial charge on any atom is 0.246 e. The zero-order chi connectivity index (χ0) is 12.8. The van der Waals surface area contributed by atoms with Crippen LogP contribution in [-0.4, -0.2) is 34.3 Å². The predicted molar refractivity (Wildman–Crippen MR) is 65.3 cm³/mol.